The largest absolute Gasteiger partial charge is 0.480 e. The number of hydrogen-bond donors (Lipinski definition) is 1. The van der Waals surface area contributed by atoms with E-state index in [1.54, 1.807) is 6.07 Å². The Morgan fingerprint density at radius 2 is 1.63 bits per heavy atom. The molecule has 2 atom stereocenters. The van der Waals surface area contributed by atoms with E-state index >= 15 is 0 Å². The minimum absolute atomic E-state index is 0.00461. The molecule has 2 aliphatic carbocycles. The van der Waals surface area contributed by atoms with Crippen LogP contribution in [0.15, 0.2) is 78.9 Å². The molecule has 5 nitrogen and oxygen atoms in total. The van der Waals surface area contributed by atoms with E-state index in [2.05, 4.69) is 29.2 Å². The zero-order valence-electron chi connectivity index (χ0n) is 23.5. The van der Waals surface area contributed by atoms with Crippen molar-refractivity contribution in [2.75, 3.05) is 6.54 Å². The molecule has 1 saturated carbocycles. The number of benzene rings is 3. The molecule has 1 heterocycles. The topological polar surface area (TPSA) is 62.5 Å². The lowest BCUT2D eigenvalue weighted by molar-refractivity contribution is -0.141. The molecule has 1 fully saturated rings. The molecule has 0 aliphatic heterocycles. The molecule has 1 unspecified atom stereocenters. The van der Waals surface area contributed by atoms with Crippen molar-refractivity contribution >= 4 is 22.8 Å². The number of carbonyl (C=O) groups excluding carboxylic acids is 1. The smallest absolute Gasteiger partial charge is 0.326 e. The summed E-state index contributed by atoms with van der Waals surface area (Å²) in [5.74, 6) is -0.570. The Bertz CT molecular complexity index is 1500. The number of rotatable bonds is 10. The standard InChI is InChI=1S/C35H37FN2O3/c1-2-31(35(40)41)38-32-17-15-26(36)19-29(32)30-20-27(16-18-33(30)38)37(22-23-13-14-23)34(39)21-28(24-9-5-3-6-10-24)25-11-7-4-8-12-25/h3-12,15,17,19,23,27-28,31H,2,13-14,16,18,20-22H2,1H3,(H,40,41)/t27-,31?/m0/s1. The lowest BCUT2D eigenvalue weighted by Gasteiger charge is -2.36. The zero-order chi connectivity index (χ0) is 28.5. The summed E-state index contributed by atoms with van der Waals surface area (Å²) in [6.45, 7) is 2.62. The van der Waals surface area contributed by atoms with Crippen LogP contribution in [0.4, 0.5) is 4.39 Å². The molecule has 4 aromatic rings. The molecule has 0 radical (unpaired) electrons. The number of amides is 1. The van der Waals surface area contributed by atoms with Gasteiger partial charge < -0.3 is 14.6 Å². The summed E-state index contributed by atoms with van der Waals surface area (Å²) in [5.41, 5.74) is 4.98. The highest BCUT2D eigenvalue weighted by atomic mass is 19.1. The first kappa shape index (κ1) is 27.3. The third-order valence-corrected chi connectivity index (χ3v) is 9.02. The molecule has 1 N–H and O–H groups in total. The first-order valence-corrected chi connectivity index (χ1v) is 14.9. The number of fused-ring (bicyclic) bond motifs is 3. The van der Waals surface area contributed by atoms with E-state index in [0.717, 1.165) is 59.1 Å². The fourth-order valence-corrected chi connectivity index (χ4v) is 6.76. The van der Waals surface area contributed by atoms with Gasteiger partial charge in [-0.05, 0) is 79.3 Å². The number of carbonyl (C=O) groups is 2. The zero-order valence-corrected chi connectivity index (χ0v) is 23.5. The molecule has 1 amide bonds. The minimum Gasteiger partial charge on any atom is -0.480 e. The summed E-state index contributed by atoms with van der Waals surface area (Å²) in [5, 5.41) is 10.8. The molecule has 0 spiro atoms. The maximum absolute atomic E-state index is 14.5. The van der Waals surface area contributed by atoms with Gasteiger partial charge in [-0.1, -0.05) is 67.6 Å². The first-order chi connectivity index (χ1) is 19.9. The van der Waals surface area contributed by atoms with Gasteiger partial charge in [0.15, 0.2) is 0 Å². The van der Waals surface area contributed by atoms with Gasteiger partial charge >= 0.3 is 5.97 Å². The van der Waals surface area contributed by atoms with Crippen LogP contribution in [0, 0.1) is 11.7 Å². The summed E-state index contributed by atoms with van der Waals surface area (Å²) in [7, 11) is 0. The third-order valence-electron chi connectivity index (χ3n) is 9.02. The fourth-order valence-electron chi connectivity index (χ4n) is 6.76. The number of aromatic nitrogens is 1. The van der Waals surface area contributed by atoms with E-state index in [1.807, 2.05) is 47.9 Å². The van der Waals surface area contributed by atoms with Crippen molar-refractivity contribution in [3.63, 3.8) is 0 Å². The Morgan fingerprint density at radius 3 is 2.22 bits per heavy atom. The van der Waals surface area contributed by atoms with Crippen LogP contribution in [-0.4, -0.2) is 39.0 Å². The van der Waals surface area contributed by atoms with Crippen LogP contribution in [0.1, 0.15) is 73.4 Å². The van der Waals surface area contributed by atoms with Crippen LogP contribution in [0.25, 0.3) is 10.9 Å². The van der Waals surface area contributed by atoms with E-state index < -0.39 is 12.0 Å². The third kappa shape index (κ3) is 5.52. The van der Waals surface area contributed by atoms with Gasteiger partial charge in [0.05, 0.1) is 0 Å². The maximum atomic E-state index is 14.5. The maximum Gasteiger partial charge on any atom is 0.326 e. The number of nitrogens with zero attached hydrogens (tertiary/aromatic N) is 2. The monoisotopic (exact) mass is 552 g/mol. The van der Waals surface area contributed by atoms with Crippen LogP contribution in [0.3, 0.4) is 0 Å². The van der Waals surface area contributed by atoms with Crippen molar-refractivity contribution in [1.82, 2.24) is 9.47 Å². The molecule has 3 aromatic carbocycles. The Balaban J connectivity index is 1.34. The average Bonchev–Trinajstić information content (AvgIpc) is 3.77. The molecular weight excluding hydrogens is 515 g/mol. The lowest BCUT2D eigenvalue weighted by atomic mass is 9.86. The number of carboxylic acid groups (broad SMARTS) is 1. The SMILES string of the molecule is CCC(C(=O)O)n1c2c(c3cc(F)ccc31)C[C@@H](N(CC1CC1)C(=O)CC(c1ccccc1)c1ccccc1)CC2. The normalized spacial score (nSPS) is 17.4. The summed E-state index contributed by atoms with van der Waals surface area (Å²) < 4.78 is 16.4. The van der Waals surface area contributed by atoms with Crippen molar-refractivity contribution in [1.29, 1.82) is 0 Å². The van der Waals surface area contributed by atoms with Crippen LogP contribution >= 0.6 is 0 Å². The second-order valence-electron chi connectivity index (χ2n) is 11.7. The number of hydrogen-bond acceptors (Lipinski definition) is 2. The molecule has 0 bridgehead atoms. The second-order valence-corrected chi connectivity index (χ2v) is 11.7. The summed E-state index contributed by atoms with van der Waals surface area (Å²) >= 11 is 0. The van der Waals surface area contributed by atoms with E-state index in [4.69, 9.17) is 0 Å². The average molecular weight is 553 g/mol. The number of halogens is 1. The first-order valence-electron chi connectivity index (χ1n) is 14.9. The highest BCUT2D eigenvalue weighted by Gasteiger charge is 2.37. The van der Waals surface area contributed by atoms with Gasteiger partial charge in [0.1, 0.15) is 11.9 Å². The van der Waals surface area contributed by atoms with Gasteiger partial charge in [0, 0.05) is 41.5 Å². The van der Waals surface area contributed by atoms with Crippen molar-refractivity contribution in [2.45, 2.75) is 69.9 Å². The van der Waals surface area contributed by atoms with Gasteiger partial charge in [-0.3, -0.25) is 4.79 Å². The Labute approximate surface area is 240 Å². The molecule has 212 valence electrons. The highest BCUT2D eigenvalue weighted by molar-refractivity contribution is 5.88. The van der Waals surface area contributed by atoms with Crippen LogP contribution in [-0.2, 0) is 22.4 Å². The van der Waals surface area contributed by atoms with Gasteiger partial charge in [-0.25, -0.2) is 9.18 Å². The van der Waals surface area contributed by atoms with E-state index in [-0.39, 0.29) is 23.7 Å². The molecule has 41 heavy (non-hydrogen) atoms. The van der Waals surface area contributed by atoms with Gasteiger partial charge in [-0.15, -0.1) is 0 Å². The Morgan fingerprint density at radius 1 is 0.976 bits per heavy atom. The van der Waals surface area contributed by atoms with E-state index in [1.165, 1.54) is 12.1 Å². The van der Waals surface area contributed by atoms with Crippen molar-refractivity contribution in [3.05, 3.63) is 107 Å². The minimum atomic E-state index is -0.878. The van der Waals surface area contributed by atoms with Crippen LogP contribution in [0.2, 0.25) is 0 Å². The molecule has 1 aromatic heterocycles. The van der Waals surface area contributed by atoms with Crippen LogP contribution in [0.5, 0.6) is 0 Å². The molecule has 2 aliphatic rings. The quantitative estimate of drug-likeness (QED) is 0.228. The van der Waals surface area contributed by atoms with E-state index in [0.29, 0.717) is 31.6 Å². The number of aliphatic carboxylic acids is 1. The summed E-state index contributed by atoms with van der Waals surface area (Å²) in [4.78, 5) is 28.5. The van der Waals surface area contributed by atoms with Gasteiger partial charge in [0.2, 0.25) is 5.91 Å². The molecule has 0 saturated heterocycles. The summed E-state index contributed by atoms with van der Waals surface area (Å²) in [6.07, 6.45) is 5.15. The predicted molar refractivity (Wildman–Crippen MR) is 158 cm³/mol. The van der Waals surface area contributed by atoms with Crippen molar-refractivity contribution in [2.24, 2.45) is 5.92 Å². The van der Waals surface area contributed by atoms with Crippen molar-refractivity contribution < 1.29 is 19.1 Å². The molecular formula is C35H37FN2O3. The van der Waals surface area contributed by atoms with Gasteiger partial charge in [0.25, 0.3) is 0 Å². The van der Waals surface area contributed by atoms with Crippen LogP contribution < -0.4 is 0 Å². The Hall–Kier alpha value is -3.93. The van der Waals surface area contributed by atoms with E-state index in [9.17, 15) is 19.1 Å². The molecule has 6 rings (SSSR count). The fraction of sp³-hybridized carbons (Fsp3) is 0.371. The second kappa shape index (κ2) is 11.5. The van der Waals surface area contributed by atoms with Crippen molar-refractivity contribution in [3.8, 4) is 0 Å². The Kier molecular flexibility index (Phi) is 7.65. The van der Waals surface area contributed by atoms with Gasteiger partial charge in [-0.2, -0.15) is 0 Å². The molecule has 6 heteroatoms. The predicted octanol–water partition coefficient (Wildman–Crippen LogP) is 7.13. The number of carboxylic acids is 1. The highest BCUT2D eigenvalue weighted by Crippen LogP contribution is 2.39. The summed E-state index contributed by atoms with van der Waals surface area (Å²) in [6, 6.07) is 24.4. The lowest BCUT2D eigenvalue weighted by Crippen LogP contribution is -2.45.